The van der Waals surface area contributed by atoms with Crippen molar-refractivity contribution in [1.82, 2.24) is 14.5 Å². The van der Waals surface area contributed by atoms with Crippen LogP contribution >= 0.6 is 23.1 Å². The van der Waals surface area contributed by atoms with Crippen molar-refractivity contribution in [1.29, 1.82) is 0 Å². The van der Waals surface area contributed by atoms with Crippen LogP contribution in [0.2, 0.25) is 0 Å². The van der Waals surface area contributed by atoms with Crippen LogP contribution in [0.3, 0.4) is 0 Å². The highest BCUT2D eigenvalue weighted by molar-refractivity contribution is 8.01. The Kier molecular flexibility index (Phi) is 7.45. The normalized spacial score (nSPS) is 15.7. The van der Waals surface area contributed by atoms with Crippen molar-refractivity contribution in [2.75, 3.05) is 35.7 Å². The SMILES string of the molecule is Cc1ccc(NC(=O)CSc2nnc(NC(=O)C3CCN(S(C)(=O)=O)CC3)s2)cc1. The highest BCUT2D eigenvalue weighted by Crippen LogP contribution is 2.27. The smallest absolute Gasteiger partial charge is 0.234 e. The van der Waals surface area contributed by atoms with Crippen molar-refractivity contribution in [3.8, 4) is 0 Å². The summed E-state index contributed by atoms with van der Waals surface area (Å²) in [4.78, 5) is 24.5. The van der Waals surface area contributed by atoms with Crippen molar-refractivity contribution in [2.45, 2.75) is 24.1 Å². The van der Waals surface area contributed by atoms with Gasteiger partial charge in [0.2, 0.25) is 27.0 Å². The lowest BCUT2D eigenvalue weighted by molar-refractivity contribution is -0.121. The number of nitrogens with one attached hydrogen (secondary N) is 2. The summed E-state index contributed by atoms with van der Waals surface area (Å²) in [7, 11) is -3.22. The van der Waals surface area contributed by atoms with Gasteiger partial charge in [-0.3, -0.25) is 9.59 Å². The number of aromatic nitrogens is 2. The molecule has 0 saturated carbocycles. The number of hydrogen-bond donors (Lipinski definition) is 2. The summed E-state index contributed by atoms with van der Waals surface area (Å²) in [6.45, 7) is 2.65. The van der Waals surface area contributed by atoms with E-state index in [-0.39, 0.29) is 23.5 Å². The van der Waals surface area contributed by atoms with Crippen molar-refractivity contribution in [2.24, 2.45) is 5.92 Å². The lowest BCUT2D eigenvalue weighted by Gasteiger charge is -2.29. The largest absolute Gasteiger partial charge is 0.325 e. The lowest BCUT2D eigenvalue weighted by atomic mass is 9.97. The highest BCUT2D eigenvalue weighted by atomic mass is 32.2. The van der Waals surface area contributed by atoms with E-state index in [9.17, 15) is 18.0 Å². The van der Waals surface area contributed by atoms with Gasteiger partial charge in [-0.1, -0.05) is 40.8 Å². The van der Waals surface area contributed by atoms with E-state index in [4.69, 9.17) is 0 Å². The van der Waals surface area contributed by atoms with Gasteiger partial charge in [0.15, 0.2) is 4.34 Å². The number of thioether (sulfide) groups is 1. The van der Waals surface area contributed by atoms with Crippen molar-refractivity contribution < 1.29 is 18.0 Å². The first-order valence-electron chi connectivity index (χ1n) is 9.29. The van der Waals surface area contributed by atoms with Crippen molar-refractivity contribution in [3.05, 3.63) is 29.8 Å². The molecule has 9 nitrogen and oxygen atoms in total. The zero-order valence-electron chi connectivity index (χ0n) is 16.6. The number of carbonyl (C=O) groups excluding carboxylic acids is 2. The number of aryl methyl sites for hydroxylation is 1. The third-order valence-corrected chi connectivity index (χ3v) is 7.87. The number of carbonyl (C=O) groups is 2. The first kappa shape index (κ1) is 22.7. The zero-order valence-corrected chi connectivity index (χ0v) is 19.1. The molecular weight excluding hydrogens is 446 g/mol. The standard InChI is InChI=1S/C18H23N5O4S3/c1-12-3-5-14(6-4-12)19-15(24)11-28-18-22-21-17(29-18)20-16(25)13-7-9-23(10-8-13)30(2,26)27/h3-6,13H,7-11H2,1-2H3,(H,19,24)(H,20,21,25). The predicted octanol–water partition coefficient (Wildman–Crippen LogP) is 2.19. The second kappa shape index (κ2) is 9.86. The highest BCUT2D eigenvalue weighted by Gasteiger charge is 2.29. The first-order chi connectivity index (χ1) is 14.2. The fourth-order valence-corrected chi connectivity index (χ4v) is 5.37. The molecule has 1 saturated heterocycles. The van der Waals surface area contributed by atoms with Crippen LogP contribution in [-0.4, -0.2) is 59.8 Å². The van der Waals surface area contributed by atoms with Crippen LogP contribution in [0.1, 0.15) is 18.4 Å². The quantitative estimate of drug-likeness (QED) is 0.471. The molecule has 2 amide bonds. The minimum atomic E-state index is -3.22. The molecule has 1 fully saturated rings. The third kappa shape index (κ3) is 6.49. The maximum absolute atomic E-state index is 12.4. The molecule has 0 radical (unpaired) electrons. The number of hydrogen-bond acceptors (Lipinski definition) is 8. The van der Waals surface area contributed by atoms with E-state index in [0.29, 0.717) is 35.4 Å². The molecule has 1 aliphatic heterocycles. The molecule has 3 rings (SSSR count). The molecule has 1 aliphatic rings. The minimum absolute atomic E-state index is 0.151. The summed E-state index contributed by atoms with van der Waals surface area (Å²) in [6, 6.07) is 7.54. The molecule has 0 bridgehead atoms. The van der Waals surface area contributed by atoms with Crippen LogP contribution in [0.15, 0.2) is 28.6 Å². The van der Waals surface area contributed by atoms with Gasteiger partial charge >= 0.3 is 0 Å². The Hall–Kier alpha value is -2.02. The van der Waals surface area contributed by atoms with Crippen LogP contribution in [0.4, 0.5) is 10.8 Å². The van der Waals surface area contributed by atoms with Crippen LogP contribution in [0.5, 0.6) is 0 Å². The first-order valence-corrected chi connectivity index (χ1v) is 12.9. The van der Waals surface area contributed by atoms with E-state index >= 15 is 0 Å². The number of benzene rings is 1. The average molecular weight is 470 g/mol. The van der Waals surface area contributed by atoms with Crippen molar-refractivity contribution >= 4 is 55.8 Å². The maximum atomic E-state index is 12.4. The summed E-state index contributed by atoms with van der Waals surface area (Å²) in [5, 5.41) is 13.9. The maximum Gasteiger partial charge on any atom is 0.234 e. The molecule has 0 atom stereocenters. The molecule has 2 aromatic rings. The third-order valence-electron chi connectivity index (χ3n) is 4.59. The molecule has 1 aromatic carbocycles. The molecule has 0 aliphatic carbocycles. The molecule has 0 unspecified atom stereocenters. The topological polar surface area (TPSA) is 121 Å². The van der Waals surface area contributed by atoms with Crippen molar-refractivity contribution in [3.63, 3.8) is 0 Å². The van der Waals surface area contributed by atoms with E-state index in [1.807, 2.05) is 31.2 Å². The Bertz CT molecular complexity index is 999. The zero-order chi connectivity index (χ0) is 21.7. The Morgan fingerprint density at radius 2 is 1.83 bits per heavy atom. The number of piperidine rings is 1. The molecule has 12 heteroatoms. The van der Waals surface area contributed by atoms with E-state index in [2.05, 4.69) is 20.8 Å². The fraction of sp³-hybridized carbons (Fsp3) is 0.444. The second-order valence-electron chi connectivity index (χ2n) is 7.00. The second-order valence-corrected chi connectivity index (χ2v) is 11.2. The number of rotatable bonds is 7. The number of nitrogens with zero attached hydrogens (tertiary/aromatic N) is 3. The van der Waals surface area contributed by atoms with Crippen LogP contribution in [0, 0.1) is 12.8 Å². The lowest BCUT2D eigenvalue weighted by Crippen LogP contribution is -2.40. The molecule has 2 heterocycles. The molecular formula is C18H23N5O4S3. The summed E-state index contributed by atoms with van der Waals surface area (Å²) in [6.07, 6.45) is 2.12. The Balaban J connectivity index is 1.44. The van der Waals surface area contributed by atoms with Gasteiger partial charge in [0.05, 0.1) is 12.0 Å². The Morgan fingerprint density at radius 3 is 2.47 bits per heavy atom. The van der Waals surface area contributed by atoms with E-state index < -0.39 is 10.0 Å². The molecule has 2 N–H and O–H groups in total. The molecule has 0 spiro atoms. The van der Waals surface area contributed by atoms with E-state index in [0.717, 1.165) is 11.3 Å². The summed E-state index contributed by atoms with van der Waals surface area (Å²) < 4.78 is 25.1. The number of sulfonamides is 1. The fourth-order valence-electron chi connectivity index (χ4n) is 2.94. The Labute approximate surface area is 183 Å². The van der Waals surface area contributed by atoms with Gasteiger partial charge in [0.1, 0.15) is 0 Å². The Morgan fingerprint density at radius 1 is 1.17 bits per heavy atom. The van der Waals surface area contributed by atoms with Gasteiger partial charge in [0.25, 0.3) is 0 Å². The summed E-state index contributed by atoms with van der Waals surface area (Å²) in [5.41, 5.74) is 1.85. The summed E-state index contributed by atoms with van der Waals surface area (Å²) in [5.74, 6) is -0.418. The summed E-state index contributed by atoms with van der Waals surface area (Å²) >= 11 is 2.45. The number of amides is 2. The van der Waals surface area contributed by atoms with Gasteiger partial charge < -0.3 is 10.6 Å². The van der Waals surface area contributed by atoms with E-state index in [1.54, 1.807) is 0 Å². The van der Waals surface area contributed by atoms with Gasteiger partial charge in [-0.15, -0.1) is 10.2 Å². The van der Waals surface area contributed by atoms with Gasteiger partial charge in [-0.2, -0.15) is 0 Å². The van der Waals surface area contributed by atoms with Crippen LogP contribution in [-0.2, 0) is 19.6 Å². The van der Waals surface area contributed by atoms with Crippen LogP contribution < -0.4 is 10.6 Å². The molecule has 1 aromatic heterocycles. The van der Waals surface area contributed by atoms with E-state index in [1.165, 1.54) is 33.7 Å². The number of anilines is 2. The molecule has 162 valence electrons. The van der Waals surface area contributed by atoms with Crippen LogP contribution in [0.25, 0.3) is 0 Å². The van der Waals surface area contributed by atoms with Gasteiger partial charge in [-0.25, -0.2) is 12.7 Å². The predicted molar refractivity (Wildman–Crippen MR) is 118 cm³/mol. The van der Waals surface area contributed by atoms with Gasteiger partial charge in [-0.05, 0) is 31.9 Å². The molecule has 30 heavy (non-hydrogen) atoms. The average Bonchev–Trinajstić information content (AvgIpc) is 3.15. The van der Waals surface area contributed by atoms with Gasteiger partial charge in [0, 0.05) is 24.7 Å². The minimum Gasteiger partial charge on any atom is -0.325 e. The monoisotopic (exact) mass is 469 g/mol.